The highest BCUT2D eigenvalue weighted by atomic mass is 19.3. The van der Waals surface area contributed by atoms with E-state index >= 15 is 0 Å². The number of ether oxygens (including phenoxy) is 1. The van der Waals surface area contributed by atoms with Crippen molar-refractivity contribution in [2.24, 2.45) is 0 Å². The highest BCUT2D eigenvalue weighted by Gasteiger charge is 2.27. The third-order valence-corrected chi connectivity index (χ3v) is 1.79. The number of aliphatic hydroxyl groups is 1. The third-order valence-electron chi connectivity index (χ3n) is 1.79. The van der Waals surface area contributed by atoms with Crippen LogP contribution in [-0.2, 0) is 0 Å². The molecular weight excluding hydrogens is 222 g/mol. The quantitative estimate of drug-likeness (QED) is 0.669. The molecule has 0 aromatic carbocycles. The second-order valence-electron chi connectivity index (χ2n) is 3.01. The number of halogens is 2. The normalized spacial score (nSPS) is 11.2. The lowest BCUT2D eigenvalue weighted by Crippen LogP contribution is -2.31. The van der Waals surface area contributed by atoms with Crippen molar-refractivity contribution in [2.45, 2.75) is 5.92 Å². The minimum atomic E-state index is -3.23. The summed E-state index contributed by atoms with van der Waals surface area (Å²) in [5.41, 5.74) is 5.59. The van der Waals surface area contributed by atoms with Crippen molar-refractivity contribution in [3.05, 3.63) is 6.33 Å². The molecule has 0 aliphatic carbocycles. The Morgan fingerprint density at radius 2 is 2.25 bits per heavy atom. The molecule has 0 atom stereocenters. The molecule has 0 saturated carbocycles. The van der Waals surface area contributed by atoms with Gasteiger partial charge in [-0.15, -0.1) is 0 Å². The zero-order valence-electron chi connectivity index (χ0n) is 8.57. The summed E-state index contributed by atoms with van der Waals surface area (Å²) in [6.45, 7) is -2.02. The molecule has 0 saturated heterocycles. The van der Waals surface area contributed by atoms with Crippen LogP contribution in [0.3, 0.4) is 0 Å². The second kappa shape index (κ2) is 4.88. The van der Waals surface area contributed by atoms with Crippen molar-refractivity contribution >= 4 is 11.5 Å². The van der Waals surface area contributed by atoms with E-state index in [1.807, 2.05) is 0 Å². The molecule has 0 radical (unpaired) electrons. The van der Waals surface area contributed by atoms with Gasteiger partial charge in [-0.3, -0.25) is 0 Å². The summed E-state index contributed by atoms with van der Waals surface area (Å²) in [4.78, 5) is 7.37. The number of nitrogens with two attached hydrogens (primary N) is 1. The van der Waals surface area contributed by atoms with Gasteiger partial charge in [0.15, 0.2) is 5.82 Å². The predicted octanol–water partition coefficient (Wildman–Crippen LogP) is 0.107. The van der Waals surface area contributed by atoms with Crippen LogP contribution in [0.5, 0.6) is 5.88 Å². The van der Waals surface area contributed by atoms with Crippen LogP contribution in [0.15, 0.2) is 6.33 Å². The standard InChI is InChI=1S/C8H12F2N4O2/c1-16-7-5(11)6(13-4-14-7)12-2-8(9,10)3-15/h4,15H,2-3,11H2,1H3,(H,12,13,14). The lowest BCUT2D eigenvalue weighted by molar-refractivity contribution is -0.0373. The first-order valence-electron chi connectivity index (χ1n) is 4.37. The molecule has 0 amide bonds. The van der Waals surface area contributed by atoms with Gasteiger partial charge in [-0.25, -0.2) is 13.8 Å². The molecule has 1 aromatic rings. The van der Waals surface area contributed by atoms with Gasteiger partial charge in [0.2, 0.25) is 5.88 Å². The first kappa shape index (κ1) is 12.4. The van der Waals surface area contributed by atoms with Gasteiger partial charge in [-0.05, 0) is 0 Å². The Labute approximate surface area is 90.5 Å². The summed E-state index contributed by atoms with van der Waals surface area (Å²) in [5, 5.41) is 10.7. The summed E-state index contributed by atoms with van der Waals surface area (Å²) < 4.78 is 30.2. The molecule has 1 heterocycles. The fraction of sp³-hybridized carbons (Fsp3) is 0.500. The van der Waals surface area contributed by atoms with Crippen LogP contribution in [0.1, 0.15) is 0 Å². The monoisotopic (exact) mass is 234 g/mol. The number of hydrogen-bond acceptors (Lipinski definition) is 6. The number of nitrogens with one attached hydrogen (secondary N) is 1. The van der Waals surface area contributed by atoms with Crippen molar-refractivity contribution in [2.75, 3.05) is 31.3 Å². The zero-order valence-corrected chi connectivity index (χ0v) is 8.57. The lowest BCUT2D eigenvalue weighted by Gasteiger charge is -2.15. The minimum absolute atomic E-state index is 0.0405. The highest BCUT2D eigenvalue weighted by Crippen LogP contribution is 2.24. The van der Waals surface area contributed by atoms with Crippen LogP contribution in [0.4, 0.5) is 20.3 Å². The van der Waals surface area contributed by atoms with Gasteiger partial charge in [-0.2, -0.15) is 4.98 Å². The smallest absolute Gasteiger partial charge is 0.287 e. The van der Waals surface area contributed by atoms with Crippen molar-refractivity contribution in [1.82, 2.24) is 9.97 Å². The van der Waals surface area contributed by atoms with E-state index < -0.39 is 19.1 Å². The summed E-state index contributed by atoms with van der Waals surface area (Å²) >= 11 is 0. The average molecular weight is 234 g/mol. The number of nitrogen functional groups attached to an aromatic ring is 1. The number of rotatable bonds is 5. The predicted molar refractivity (Wildman–Crippen MR) is 53.5 cm³/mol. The van der Waals surface area contributed by atoms with Gasteiger partial charge in [0, 0.05) is 0 Å². The van der Waals surface area contributed by atoms with Crippen LogP contribution < -0.4 is 15.8 Å². The van der Waals surface area contributed by atoms with Gasteiger partial charge in [0.1, 0.15) is 18.6 Å². The largest absolute Gasteiger partial charge is 0.479 e. The van der Waals surface area contributed by atoms with Gasteiger partial charge >= 0.3 is 0 Å². The molecule has 8 heteroatoms. The molecule has 0 unspecified atom stereocenters. The fourth-order valence-corrected chi connectivity index (χ4v) is 0.952. The van der Waals surface area contributed by atoms with Gasteiger partial charge in [0.05, 0.1) is 13.7 Å². The molecule has 0 bridgehead atoms. The third kappa shape index (κ3) is 2.89. The molecule has 90 valence electrons. The molecule has 0 spiro atoms. The Kier molecular flexibility index (Phi) is 3.78. The Morgan fingerprint density at radius 1 is 1.56 bits per heavy atom. The van der Waals surface area contributed by atoms with Gasteiger partial charge < -0.3 is 20.9 Å². The second-order valence-corrected chi connectivity index (χ2v) is 3.01. The van der Waals surface area contributed by atoms with Crippen molar-refractivity contribution in [1.29, 1.82) is 0 Å². The van der Waals surface area contributed by atoms with Crippen molar-refractivity contribution in [3.63, 3.8) is 0 Å². The van der Waals surface area contributed by atoms with E-state index in [4.69, 9.17) is 15.6 Å². The SMILES string of the molecule is COc1ncnc(NCC(F)(F)CO)c1N. The van der Waals surface area contributed by atoms with E-state index in [9.17, 15) is 8.78 Å². The van der Waals surface area contributed by atoms with Crippen LogP contribution in [0, 0.1) is 0 Å². The number of hydrogen-bond donors (Lipinski definition) is 3. The van der Waals surface area contributed by atoms with Crippen LogP contribution in [-0.4, -0.2) is 41.3 Å². The Hall–Kier alpha value is -1.70. The minimum Gasteiger partial charge on any atom is -0.479 e. The maximum atomic E-state index is 12.7. The Morgan fingerprint density at radius 3 is 2.81 bits per heavy atom. The highest BCUT2D eigenvalue weighted by molar-refractivity contribution is 5.66. The van der Waals surface area contributed by atoms with Crippen molar-refractivity contribution < 1.29 is 18.6 Å². The van der Waals surface area contributed by atoms with E-state index in [1.165, 1.54) is 7.11 Å². The number of methoxy groups -OCH3 is 1. The van der Waals surface area contributed by atoms with E-state index in [0.29, 0.717) is 0 Å². The molecule has 0 fully saturated rings. The Balaban J connectivity index is 2.75. The van der Waals surface area contributed by atoms with E-state index in [2.05, 4.69) is 15.3 Å². The molecule has 0 aliphatic rings. The van der Waals surface area contributed by atoms with E-state index in [-0.39, 0.29) is 17.4 Å². The van der Waals surface area contributed by atoms with Gasteiger partial charge in [-0.1, -0.05) is 0 Å². The summed E-state index contributed by atoms with van der Waals surface area (Å²) in [6.07, 6.45) is 1.13. The number of alkyl halides is 2. The number of nitrogens with zero attached hydrogens (tertiary/aromatic N) is 2. The number of aliphatic hydroxyl groups excluding tert-OH is 1. The van der Waals surface area contributed by atoms with E-state index in [0.717, 1.165) is 6.33 Å². The molecule has 16 heavy (non-hydrogen) atoms. The molecule has 1 aromatic heterocycles. The van der Waals surface area contributed by atoms with Crippen LogP contribution >= 0.6 is 0 Å². The van der Waals surface area contributed by atoms with E-state index in [1.54, 1.807) is 0 Å². The molecule has 1 rings (SSSR count). The first-order valence-corrected chi connectivity index (χ1v) is 4.37. The molecule has 4 N–H and O–H groups in total. The Bertz CT molecular complexity index is 362. The fourth-order valence-electron chi connectivity index (χ4n) is 0.952. The van der Waals surface area contributed by atoms with Crippen LogP contribution in [0.25, 0.3) is 0 Å². The maximum absolute atomic E-state index is 12.7. The summed E-state index contributed by atoms with van der Waals surface area (Å²) in [6, 6.07) is 0. The zero-order chi connectivity index (χ0) is 12.2. The lowest BCUT2D eigenvalue weighted by atomic mass is 10.3. The van der Waals surface area contributed by atoms with Gasteiger partial charge in [0.25, 0.3) is 5.92 Å². The number of aromatic nitrogens is 2. The molecule has 0 aliphatic heterocycles. The number of anilines is 2. The topological polar surface area (TPSA) is 93.3 Å². The molecule has 6 nitrogen and oxygen atoms in total. The maximum Gasteiger partial charge on any atom is 0.287 e. The van der Waals surface area contributed by atoms with Crippen LogP contribution in [0.2, 0.25) is 0 Å². The summed E-state index contributed by atoms with van der Waals surface area (Å²) in [5.74, 6) is -3.09. The summed E-state index contributed by atoms with van der Waals surface area (Å²) in [7, 11) is 1.35. The van der Waals surface area contributed by atoms with Crippen molar-refractivity contribution in [3.8, 4) is 5.88 Å². The molecular formula is C8H12F2N4O2. The first-order chi connectivity index (χ1) is 7.50. The average Bonchev–Trinajstić information content (AvgIpc) is 2.28.